The average Bonchev–Trinajstić information content (AvgIpc) is 3.28. The molecule has 1 atom stereocenters. The highest BCUT2D eigenvalue weighted by molar-refractivity contribution is 7.53. The van der Waals surface area contributed by atoms with Crippen molar-refractivity contribution in [2.75, 3.05) is 25.3 Å². The third-order valence-corrected chi connectivity index (χ3v) is 7.78. The maximum absolute atomic E-state index is 13.1. The number of rotatable bonds is 7. The second kappa shape index (κ2) is 9.47. The highest BCUT2D eigenvalue weighted by atomic mass is 31.2. The lowest BCUT2D eigenvalue weighted by molar-refractivity contribution is 0.0510. The van der Waals surface area contributed by atoms with Gasteiger partial charge in [0.25, 0.3) is 0 Å². The largest absolute Gasteiger partial charge is 0.382 e. The van der Waals surface area contributed by atoms with Gasteiger partial charge in [0.1, 0.15) is 11.9 Å². The summed E-state index contributed by atoms with van der Waals surface area (Å²) in [6.07, 6.45) is 2.37. The fourth-order valence-corrected chi connectivity index (χ4v) is 5.79. The maximum Gasteiger partial charge on any atom is 0.356 e. The Kier molecular flexibility index (Phi) is 6.40. The summed E-state index contributed by atoms with van der Waals surface area (Å²) in [5, 5.41) is 0.973. The highest BCUT2D eigenvalue weighted by Crippen LogP contribution is 2.52. The predicted octanol–water partition coefficient (Wildman–Crippen LogP) is 5.12. The molecule has 1 aliphatic rings. The summed E-state index contributed by atoms with van der Waals surface area (Å²) in [7, 11) is -3.31. The van der Waals surface area contributed by atoms with Crippen molar-refractivity contribution >= 4 is 35.3 Å². The van der Waals surface area contributed by atoms with Crippen molar-refractivity contribution in [3.8, 4) is 0 Å². The molecule has 1 fully saturated rings. The second-order valence-electron chi connectivity index (χ2n) is 8.71. The molecule has 3 heterocycles. The smallest absolute Gasteiger partial charge is 0.356 e. The quantitative estimate of drug-likeness (QED) is 0.367. The molecular weight excluding hydrogens is 451 g/mol. The number of aromatic nitrogens is 3. The summed E-state index contributed by atoms with van der Waals surface area (Å²) in [5.41, 5.74) is 10.9. The number of aryl methyl sites for hydroxylation is 1. The van der Waals surface area contributed by atoms with Gasteiger partial charge in [-0.25, -0.2) is 9.97 Å². The van der Waals surface area contributed by atoms with E-state index in [0.29, 0.717) is 31.1 Å². The first kappa shape index (κ1) is 23.0. The molecule has 0 radical (unpaired) electrons. The van der Waals surface area contributed by atoms with Crippen LogP contribution in [0.3, 0.4) is 0 Å². The minimum absolute atomic E-state index is 0.0654. The van der Waals surface area contributed by atoms with Crippen LogP contribution < -0.4 is 5.73 Å². The third kappa shape index (κ3) is 4.59. The van der Waals surface area contributed by atoms with Crippen molar-refractivity contribution in [3.63, 3.8) is 0 Å². The summed E-state index contributed by atoms with van der Waals surface area (Å²) >= 11 is 0. The van der Waals surface area contributed by atoms with Crippen molar-refractivity contribution < 1.29 is 18.3 Å². The molecule has 2 N–H and O–H groups in total. The van der Waals surface area contributed by atoms with Crippen molar-refractivity contribution in [1.82, 2.24) is 14.5 Å². The molecule has 0 aliphatic carbocycles. The molecule has 34 heavy (non-hydrogen) atoms. The van der Waals surface area contributed by atoms with E-state index in [1.54, 1.807) is 6.33 Å². The van der Waals surface area contributed by atoms with E-state index in [2.05, 4.69) is 35.1 Å². The average molecular weight is 481 g/mol. The molecule has 178 valence electrons. The van der Waals surface area contributed by atoms with Crippen molar-refractivity contribution in [3.05, 3.63) is 66.0 Å². The van der Waals surface area contributed by atoms with Gasteiger partial charge < -0.3 is 24.1 Å². The Balaban J connectivity index is 1.23. The number of hydrogen-bond donors (Lipinski definition) is 1. The van der Waals surface area contributed by atoms with E-state index >= 15 is 0 Å². The van der Waals surface area contributed by atoms with Gasteiger partial charge in [0.15, 0.2) is 5.82 Å². The molecule has 0 spiro atoms. The van der Waals surface area contributed by atoms with Gasteiger partial charge in [0.2, 0.25) is 0 Å². The van der Waals surface area contributed by atoms with Crippen molar-refractivity contribution in [2.45, 2.75) is 38.8 Å². The molecule has 9 heteroatoms. The number of imidazole rings is 1. The van der Waals surface area contributed by atoms with E-state index in [-0.39, 0.29) is 18.4 Å². The van der Waals surface area contributed by atoms with Gasteiger partial charge in [-0.15, -0.1) is 0 Å². The van der Waals surface area contributed by atoms with E-state index in [4.69, 9.17) is 19.5 Å². The number of benzene rings is 2. The fourth-order valence-electron chi connectivity index (χ4n) is 4.32. The lowest BCUT2D eigenvalue weighted by Crippen LogP contribution is -2.23. The molecule has 4 aromatic rings. The van der Waals surface area contributed by atoms with Crippen molar-refractivity contribution in [1.29, 1.82) is 0 Å². The number of para-hydroxylation sites is 1. The molecule has 8 nitrogen and oxygen atoms in total. The van der Waals surface area contributed by atoms with Crippen LogP contribution in [0.25, 0.3) is 21.9 Å². The Morgan fingerprint density at radius 3 is 2.79 bits per heavy atom. The second-order valence-corrected chi connectivity index (χ2v) is 10.7. The Morgan fingerprint density at radius 1 is 1.21 bits per heavy atom. The van der Waals surface area contributed by atoms with Crippen LogP contribution in [0.5, 0.6) is 0 Å². The van der Waals surface area contributed by atoms with Crippen LogP contribution >= 0.6 is 7.60 Å². The standard InChI is InChI=1S/C25H29N4O4P/c1-3-18-7-6-8-19(11-18)20-13-32-34(30,33-14-20)16-31-17(2)12-29-15-27-23-24(29)21-9-4-5-10-22(21)28-25(23)26/h4-11,15,17,20H,3,12-14,16H2,1-2H3,(H2,26,28). The zero-order valence-corrected chi connectivity index (χ0v) is 20.3. The summed E-state index contributed by atoms with van der Waals surface area (Å²) in [5.74, 6) is 0.462. The minimum atomic E-state index is -3.31. The van der Waals surface area contributed by atoms with Crippen LogP contribution in [0.2, 0.25) is 0 Å². The number of ether oxygens (including phenoxy) is 1. The van der Waals surface area contributed by atoms with E-state index in [1.165, 1.54) is 5.56 Å². The predicted molar refractivity (Wildman–Crippen MR) is 133 cm³/mol. The van der Waals surface area contributed by atoms with Crippen molar-refractivity contribution in [2.24, 2.45) is 0 Å². The van der Waals surface area contributed by atoms with E-state index in [0.717, 1.165) is 28.4 Å². The van der Waals surface area contributed by atoms with Gasteiger partial charge in [0.05, 0.1) is 43.2 Å². The lowest BCUT2D eigenvalue weighted by Gasteiger charge is -2.30. The molecule has 0 saturated carbocycles. The van der Waals surface area contributed by atoms with Gasteiger partial charge in [-0.3, -0.25) is 4.57 Å². The molecule has 2 aromatic carbocycles. The molecule has 2 aromatic heterocycles. The molecular formula is C25H29N4O4P. The number of anilines is 1. The highest BCUT2D eigenvalue weighted by Gasteiger charge is 2.34. The Morgan fingerprint density at radius 2 is 2.00 bits per heavy atom. The maximum atomic E-state index is 13.1. The van der Waals surface area contributed by atoms with Gasteiger partial charge in [-0.1, -0.05) is 49.4 Å². The summed E-state index contributed by atoms with van der Waals surface area (Å²) in [6.45, 7) is 5.27. The van der Waals surface area contributed by atoms with Crippen LogP contribution in [0, 0.1) is 0 Å². The van der Waals surface area contributed by atoms with E-state index < -0.39 is 7.60 Å². The van der Waals surface area contributed by atoms with Crippen LogP contribution in [-0.4, -0.2) is 40.2 Å². The Bertz CT molecular complexity index is 1360. The molecule has 0 amide bonds. The molecule has 1 aliphatic heterocycles. The number of pyridine rings is 1. The summed E-state index contributed by atoms with van der Waals surface area (Å²) < 4.78 is 32.4. The Labute approximate surface area is 198 Å². The normalized spacial score (nSPS) is 21.8. The number of fused-ring (bicyclic) bond motifs is 3. The van der Waals surface area contributed by atoms with Crippen LogP contribution in [0.1, 0.15) is 30.9 Å². The van der Waals surface area contributed by atoms with Crippen LogP contribution in [-0.2, 0) is 31.3 Å². The zero-order chi connectivity index (χ0) is 23.7. The van der Waals surface area contributed by atoms with E-state index in [1.807, 2.05) is 41.8 Å². The SMILES string of the molecule is CCc1cccc(C2COP(=O)(COC(C)Cn3cnc4c(N)nc5ccccc5c43)OC2)c1. The first-order valence-corrected chi connectivity index (χ1v) is 13.3. The number of hydrogen-bond acceptors (Lipinski definition) is 7. The summed E-state index contributed by atoms with van der Waals surface area (Å²) in [6, 6.07) is 16.2. The lowest BCUT2D eigenvalue weighted by atomic mass is 9.98. The minimum Gasteiger partial charge on any atom is -0.382 e. The van der Waals surface area contributed by atoms with Gasteiger partial charge in [-0.05, 0) is 30.5 Å². The Hall–Kier alpha value is -2.77. The monoisotopic (exact) mass is 480 g/mol. The van der Waals surface area contributed by atoms with Gasteiger partial charge >= 0.3 is 7.60 Å². The van der Waals surface area contributed by atoms with Crippen LogP contribution in [0.4, 0.5) is 5.82 Å². The van der Waals surface area contributed by atoms with Gasteiger partial charge in [0, 0.05) is 11.3 Å². The molecule has 1 unspecified atom stereocenters. The van der Waals surface area contributed by atoms with E-state index in [9.17, 15) is 4.57 Å². The first-order valence-electron chi connectivity index (χ1n) is 11.5. The third-order valence-electron chi connectivity index (χ3n) is 6.23. The number of nitrogens with two attached hydrogens (primary N) is 1. The zero-order valence-electron chi connectivity index (χ0n) is 19.4. The fraction of sp³-hybridized carbons (Fsp3) is 0.360. The molecule has 5 rings (SSSR count). The van der Waals surface area contributed by atoms with Crippen LogP contribution in [0.15, 0.2) is 54.9 Å². The number of nitrogens with zero attached hydrogens (tertiary/aromatic N) is 3. The first-order chi connectivity index (χ1) is 16.5. The van der Waals surface area contributed by atoms with Gasteiger partial charge in [-0.2, -0.15) is 0 Å². The number of nitrogen functional groups attached to an aromatic ring is 1. The topological polar surface area (TPSA) is 101 Å². The summed E-state index contributed by atoms with van der Waals surface area (Å²) in [4.78, 5) is 8.89. The molecule has 0 bridgehead atoms. The molecule has 1 saturated heterocycles.